The lowest BCUT2D eigenvalue weighted by molar-refractivity contribution is -0.122. The van der Waals surface area contributed by atoms with E-state index in [4.69, 9.17) is 11.6 Å². The highest BCUT2D eigenvalue weighted by atomic mass is 35.5. The quantitative estimate of drug-likeness (QED) is 0.333. The van der Waals surface area contributed by atoms with Crippen molar-refractivity contribution >= 4 is 44.8 Å². The van der Waals surface area contributed by atoms with Crippen molar-refractivity contribution in [2.24, 2.45) is 0 Å². The summed E-state index contributed by atoms with van der Waals surface area (Å²) in [5, 5.41) is 8.76. The van der Waals surface area contributed by atoms with E-state index >= 15 is 0 Å². The lowest BCUT2D eigenvalue weighted by atomic mass is 10.1. The molecule has 0 radical (unpaired) electrons. The van der Waals surface area contributed by atoms with Crippen molar-refractivity contribution in [2.75, 3.05) is 4.31 Å². The van der Waals surface area contributed by atoms with Gasteiger partial charge in [-0.25, -0.2) is 17.2 Å². The minimum atomic E-state index is -4.47. The Balaban J connectivity index is 1.59. The molecule has 0 aliphatic carbocycles. The first-order valence-electron chi connectivity index (χ1n) is 10.6. The first-order valence-corrected chi connectivity index (χ1v) is 13.2. The Morgan fingerprint density at radius 1 is 1.08 bits per heavy atom. The van der Waals surface area contributed by atoms with Crippen LogP contribution >= 0.6 is 23.1 Å². The fourth-order valence-corrected chi connectivity index (χ4v) is 5.66. The van der Waals surface area contributed by atoms with Crippen LogP contribution in [0.2, 0.25) is 5.02 Å². The van der Waals surface area contributed by atoms with Gasteiger partial charge in [-0.2, -0.15) is 0 Å². The van der Waals surface area contributed by atoms with Gasteiger partial charge in [0.25, 0.3) is 10.0 Å². The number of amides is 1. The van der Waals surface area contributed by atoms with E-state index in [2.05, 4.69) is 14.9 Å². The van der Waals surface area contributed by atoms with Crippen molar-refractivity contribution in [1.82, 2.24) is 14.9 Å². The Bertz CT molecular complexity index is 1470. The van der Waals surface area contributed by atoms with E-state index in [9.17, 15) is 22.0 Å². The van der Waals surface area contributed by atoms with E-state index in [0.29, 0.717) is 9.33 Å². The number of hydrogen-bond acceptors (Lipinski definition) is 6. The molecule has 0 aliphatic rings. The van der Waals surface area contributed by atoms with Crippen LogP contribution in [0.5, 0.6) is 0 Å². The maximum atomic E-state index is 14.7. The van der Waals surface area contributed by atoms with Gasteiger partial charge in [-0.15, -0.1) is 5.10 Å². The Hall–Kier alpha value is -3.41. The summed E-state index contributed by atoms with van der Waals surface area (Å²) in [6.07, 6.45) is 0. The molecular formula is C24H19ClF2N4O3S2. The number of carbonyl (C=O) groups excluding carboxylic acids is 1. The summed E-state index contributed by atoms with van der Waals surface area (Å²) in [6.45, 7) is 1.38. The van der Waals surface area contributed by atoms with Crippen LogP contribution in [-0.2, 0) is 21.4 Å². The number of nitrogens with one attached hydrogen (secondary N) is 1. The highest BCUT2D eigenvalue weighted by Crippen LogP contribution is 2.30. The number of benzene rings is 3. The van der Waals surface area contributed by atoms with Crippen molar-refractivity contribution in [3.8, 4) is 11.3 Å². The van der Waals surface area contributed by atoms with E-state index < -0.39 is 39.3 Å². The van der Waals surface area contributed by atoms with Crippen molar-refractivity contribution in [3.05, 3.63) is 94.3 Å². The fourth-order valence-electron chi connectivity index (χ4n) is 3.45. The van der Waals surface area contributed by atoms with Crippen LogP contribution in [0, 0.1) is 11.6 Å². The Morgan fingerprint density at radius 3 is 2.42 bits per heavy atom. The SMILES string of the molecule is C[C@H](C(=O)NCc1ccc(-c2csnn2)cc1)N(c1cc(F)ccc1F)S(=O)(=O)c1ccc(Cl)cc1. The molecule has 4 rings (SSSR count). The largest absolute Gasteiger partial charge is 0.350 e. The van der Waals surface area contributed by atoms with Gasteiger partial charge in [0.05, 0.1) is 10.6 Å². The number of carbonyl (C=O) groups is 1. The molecule has 3 aromatic carbocycles. The number of halogens is 3. The van der Waals surface area contributed by atoms with Gasteiger partial charge in [-0.3, -0.25) is 9.10 Å². The molecule has 0 bridgehead atoms. The van der Waals surface area contributed by atoms with Crippen LogP contribution in [0.4, 0.5) is 14.5 Å². The molecule has 12 heteroatoms. The smallest absolute Gasteiger partial charge is 0.265 e. The first-order chi connectivity index (χ1) is 17.2. The van der Waals surface area contributed by atoms with Crippen LogP contribution < -0.4 is 9.62 Å². The van der Waals surface area contributed by atoms with Gasteiger partial charge in [0.1, 0.15) is 23.4 Å². The third-order valence-corrected chi connectivity index (χ3v) is 7.98. The van der Waals surface area contributed by atoms with Crippen LogP contribution in [0.1, 0.15) is 12.5 Å². The van der Waals surface area contributed by atoms with E-state index in [-0.39, 0.29) is 11.4 Å². The maximum Gasteiger partial charge on any atom is 0.265 e. The molecule has 186 valence electrons. The van der Waals surface area contributed by atoms with Crippen molar-refractivity contribution in [2.45, 2.75) is 24.4 Å². The van der Waals surface area contributed by atoms with Crippen LogP contribution in [0.15, 0.2) is 77.0 Å². The van der Waals surface area contributed by atoms with Crippen LogP contribution in [-0.4, -0.2) is 30.0 Å². The van der Waals surface area contributed by atoms with E-state index in [0.717, 1.165) is 35.0 Å². The van der Waals surface area contributed by atoms with E-state index in [1.807, 2.05) is 12.1 Å². The van der Waals surface area contributed by atoms with Crippen LogP contribution in [0.25, 0.3) is 11.3 Å². The number of sulfonamides is 1. The number of nitrogens with zero attached hydrogens (tertiary/aromatic N) is 3. The molecule has 0 unspecified atom stereocenters. The molecule has 1 amide bonds. The van der Waals surface area contributed by atoms with Gasteiger partial charge in [0, 0.05) is 28.6 Å². The minimum absolute atomic E-state index is 0.0826. The predicted molar refractivity (Wildman–Crippen MR) is 134 cm³/mol. The zero-order valence-corrected chi connectivity index (χ0v) is 21.1. The summed E-state index contributed by atoms with van der Waals surface area (Å²) >= 11 is 7.10. The lowest BCUT2D eigenvalue weighted by Crippen LogP contribution is -2.48. The van der Waals surface area contributed by atoms with Gasteiger partial charge in [0.15, 0.2) is 0 Å². The van der Waals surface area contributed by atoms with Gasteiger partial charge in [0.2, 0.25) is 5.91 Å². The molecule has 4 aromatic rings. The summed E-state index contributed by atoms with van der Waals surface area (Å²) in [6, 6.07) is 13.4. The summed E-state index contributed by atoms with van der Waals surface area (Å²) < 4.78 is 60.1. The fraction of sp³-hybridized carbons (Fsp3) is 0.125. The second kappa shape index (κ2) is 10.7. The van der Waals surface area contributed by atoms with Gasteiger partial charge < -0.3 is 5.32 Å². The highest BCUT2D eigenvalue weighted by Gasteiger charge is 2.35. The Labute approximate surface area is 215 Å². The van der Waals surface area contributed by atoms with Gasteiger partial charge in [-0.1, -0.05) is 40.4 Å². The van der Waals surface area contributed by atoms with Gasteiger partial charge >= 0.3 is 0 Å². The molecule has 1 atom stereocenters. The van der Waals surface area contributed by atoms with E-state index in [1.165, 1.54) is 42.7 Å². The number of hydrogen-bond donors (Lipinski definition) is 1. The number of rotatable bonds is 8. The normalized spacial score (nSPS) is 12.2. The maximum absolute atomic E-state index is 14.7. The molecule has 1 aromatic heterocycles. The molecule has 0 spiro atoms. The number of anilines is 1. The second-order valence-electron chi connectivity index (χ2n) is 7.73. The third kappa shape index (κ3) is 5.53. The molecule has 0 fully saturated rings. The summed E-state index contributed by atoms with van der Waals surface area (Å²) in [5.41, 5.74) is 1.73. The molecule has 1 heterocycles. The second-order valence-corrected chi connectivity index (χ2v) is 10.6. The molecule has 0 saturated carbocycles. The zero-order valence-electron chi connectivity index (χ0n) is 18.7. The van der Waals surface area contributed by atoms with Crippen LogP contribution in [0.3, 0.4) is 0 Å². The molecule has 0 aliphatic heterocycles. The number of aromatic nitrogens is 2. The monoisotopic (exact) mass is 548 g/mol. The molecular weight excluding hydrogens is 530 g/mol. The summed E-state index contributed by atoms with van der Waals surface area (Å²) in [5.74, 6) is -2.56. The average molecular weight is 549 g/mol. The third-order valence-electron chi connectivity index (χ3n) is 5.32. The highest BCUT2D eigenvalue weighted by molar-refractivity contribution is 7.93. The standard InChI is InChI=1S/C24H19ClF2N4O3S2/c1-15(24(32)28-13-16-2-4-17(5-3-16)22-14-35-30-29-22)31(23-12-19(26)8-11-21(23)27)36(33,34)20-9-6-18(25)7-10-20/h2-12,14-15H,13H2,1H3,(H,28,32)/t15-/m1/s1. The molecule has 7 nitrogen and oxygen atoms in total. The van der Waals surface area contributed by atoms with Crippen molar-refractivity contribution < 1.29 is 22.0 Å². The summed E-state index contributed by atoms with van der Waals surface area (Å²) in [7, 11) is -4.47. The van der Waals surface area contributed by atoms with Crippen molar-refractivity contribution in [1.29, 1.82) is 0 Å². The Kier molecular flexibility index (Phi) is 7.62. The first kappa shape index (κ1) is 25.7. The van der Waals surface area contributed by atoms with E-state index in [1.54, 1.807) is 17.5 Å². The lowest BCUT2D eigenvalue weighted by Gasteiger charge is -2.30. The average Bonchev–Trinajstić information content (AvgIpc) is 3.40. The zero-order chi connectivity index (χ0) is 25.9. The molecule has 0 saturated heterocycles. The molecule has 1 N–H and O–H groups in total. The predicted octanol–water partition coefficient (Wildman–Crippen LogP) is 5.04. The van der Waals surface area contributed by atoms with Crippen molar-refractivity contribution in [3.63, 3.8) is 0 Å². The summed E-state index contributed by atoms with van der Waals surface area (Å²) in [4.78, 5) is 12.8. The topological polar surface area (TPSA) is 92.3 Å². The minimum Gasteiger partial charge on any atom is -0.350 e. The molecule has 36 heavy (non-hydrogen) atoms. The van der Waals surface area contributed by atoms with Gasteiger partial charge in [-0.05, 0) is 60.4 Å². The Morgan fingerprint density at radius 2 is 1.78 bits per heavy atom.